The van der Waals surface area contributed by atoms with Crippen molar-refractivity contribution in [2.75, 3.05) is 5.75 Å². The van der Waals surface area contributed by atoms with Crippen molar-refractivity contribution < 1.29 is 23.1 Å². The lowest BCUT2D eigenvalue weighted by molar-refractivity contribution is -0.138. The highest BCUT2D eigenvalue weighted by molar-refractivity contribution is 7.99. The van der Waals surface area contributed by atoms with Crippen molar-refractivity contribution in [1.29, 1.82) is 0 Å². The van der Waals surface area contributed by atoms with Gasteiger partial charge in [0.05, 0.1) is 10.6 Å². The number of pyridine rings is 1. The monoisotopic (exact) mass is 263 g/mol. The van der Waals surface area contributed by atoms with Crippen LogP contribution in [-0.4, -0.2) is 21.8 Å². The van der Waals surface area contributed by atoms with Gasteiger partial charge < -0.3 is 5.11 Å². The van der Waals surface area contributed by atoms with E-state index in [1.165, 1.54) is 12.1 Å². The summed E-state index contributed by atoms with van der Waals surface area (Å²) >= 11 is 1.15. The van der Waals surface area contributed by atoms with Gasteiger partial charge in [0.2, 0.25) is 0 Å². The first kappa shape index (κ1) is 13.6. The Morgan fingerprint density at radius 3 is 2.65 bits per heavy atom. The summed E-state index contributed by atoms with van der Waals surface area (Å²) < 4.78 is 36.6. The number of alkyl halides is 3. The summed E-state index contributed by atoms with van der Waals surface area (Å²) in [6.07, 6.45) is -1.27. The van der Waals surface area contributed by atoms with Gasteiger partial charge in [-0.05, 0) is 12.1 Å². The summed E-state index contributed by atoms with van der Waals surface area (Å²) in [5.74, 6) is -0.726. The van der Waals surface area contributed by atoms with Gasteiger partial charge in [-0.1, -0.05) is 6.08 Å². The molecule has 0 unspecified atom stereocenters. The van der Waals surface area contributed by atoms with Gasteiger partial charge in [-0.25, -0.2) is 9.78 Å². The van der Waals surface area contributed by atoms with Gasteiger partial charge in [0.25, 0.3) is 0 Å². The number of thioether (sulfide) groups is 1. The van der Waals surface area contributed by atoms with E-state index in [-0.39, 0.29) is 0 Å². The molecule has 0 radical (unpaired) electrons. The highest BCUT2D eigenvalue weighted by Crippen LogP contribution is 2.29. The van der Waals surface area contributed by atoms with Crippen molar-refractivity contribution in [3.8, 4) is 0 Å². The fourth-order valence-corrected chi connectivity index (χ4v) is 1.57. The number of hydrogen-bond donors (Lipinski definition) is 1. The molecule has 1 rings (SSSR count). The Hall–Kier alpha value is -1.50. The maximum Gasteiger partial charge on any atom is 0.417 e. The van der Waals surface area contributed by atoms with E-state index in [4.69, 9.17) is 5.11 Å². The smallest absolute Gasteiger partial charge is 0.417 e. The SMILES string of the molecule is O=C(O)/C=C/CSc1ccc(C(F)(F)F)cn1. The van der Waals surface area contributed by atoms with E-state index >= 15 is 0 Å². The van der Waals surface area contributed by atoms with E-state index < -0.39 is 17.7 Å². The van der Waals surface area contributed by atoms with Crippen LogP contribution in [0.2, 0.25) is 0 Å². The molecule has 17 heavy (non-hydrogen) atoms. The van der Waals surface area contributed by atoms with Gasteiger partial charge >= 0.3 is 12.1 Å². The van der Waals surface area contributed by atoms with Gasteiger partial charge in [0, 0.05) is 18.0 Å². The molecule has 3 nitrogen and oxygen atoms in total. The lowest BCUT2D eigenvalue weighted by atomic mass is 10.3. The van der Waals surface area contributed by atoms with Crippen LogP contribution in [0.25, 0.3) is 0 Å². The molecule has 1 aromatic rings. The zero-order chi connectivity index (χ0) is 12.9. The molecular formula is C10H8F3NO2S. The molecule has 0 saturated heterocycles. The number of carboxylic acids is 1. The second-order valence-corrected chi connectivity index (χ2v) is 3.97. The molecule has 92 valence electrons. The second kappa shape index (κ2) is 5.72. The third-order valence-electron chi connectivity index (χ3n) is 1.65. The zero-order valence-electron chi connectivity index (χ0n) is 8.44. The summed E-state index contributed by atoms with van der Waals surface area (Å²) in [5.41, 5.74) is -0.803. The number of halogens is 3. The molecule has 1 N–H and O–H groups in total. The highest BCUT2D eigenvalue weighted by Gasteiger charge is 2.30. The summed E-state index contributed by atoms with van der Waals surface area (Å²) in [6, 6.07) is 2.19. The first-order valence-electron chi connectivity index (χ1n) is 4.45. The van der Waals surface area contributed by atoms with E-state index in [0.717, 1.165) is 30.1 Å². The Bertz CT molecular complexity index is 415. The quantitative estimate of drug-likeness (QED) is 0.670. The molecule has 0 atom stereocenters. The standard InChI is InChI=1S/C10H8F3NO2S/c11-10(12,13)7-3-4-8(14-6-7)17-5-1-2-9(15)16/h1-4,6H,5H2,(H,15,16)/b2-1+. The predicted molar refractivity (Wildman–Crippen MR) is 56.7 cm³/mol. The summed E-state index contributed by atoms with van der Waals surface area (Å²) in [5, 5.41) is 8.71. The van der Waals surface area contributed by atoms with E-state index in [1.54, 1.807) is 0 Å². The molecule has 0 aliphatic carbocycles. The molecule has 0 spiro atoms. The van der Waals surface area contributed by atoms with Crippen LogP contribution in [0.3, 0.4) is 0 Å². The Morgan fingerprint density at radius 1 is 1.47 bits per heavy atom. The predicted octanol–water partition coefficient (Wildman–Crippen LogP) is 2.83. The minimum absolute atomic E-state index is 0.338. The first-order chi connectivity index (χ1) is 7.89. The number of carbonyl (C=O) groups is 1. The van der Waals surface area contributed by atoms with Crippen LogP contribution in [-0.2, 0) is 11.0 Å². The number of aromatic nitrogens is 1. The van der Waals surface area contributed by atoms with Crippen molar-refractivity contribution in [2.45, 2.75) is 11.2 Å². The van der Waals surface area contributed by atoms with E-state index in [0.29, 0.717) is 10.8 Å². The largest absolute Gasteiger partial charge is 0.478 e. The van der Waals surface area contributed by atoms with Crippen molar-refractivity contribution in [3.63, 3.8) is 0 Å². The van der Waals surface area contributed by atoms with Crippen LogP contribution in [0.1, 0.15) is 5.56 Å². The number of aliphatic carboxylic acids is 1. The zero-order valence-corrected chi connectivity index (χ0v) is 9.26. The maximum atomic E-state index is 12.2. The molecule has 0 aliphatic rings. The van der Waals surface area contributed by atoms with Crippen molar-refractivity contribution in [3.05, 3.63) is 36.0 Å². The van der Waals surface area contributed by atoms with Gasteiger partial charge in [-0.2, -0.15) is 13.2 Å². The third kappa shape index (κ3) is 4.90. The molecule has 0 aromatic carbocycles. The Labute approximate surface area is 99.4 Å². The normalized spacial score (nSPS) is 11.9. The fourth-order valence-electron chi connectivity index (χ4n) is 0.916. The van der Waals surface area contributed by atoms with Gasteiger partial charge in [0.15, 0.2) is 0 Å². The molecule has 0 fully saturated rings. The van der Waals surface area contributed by atoms with Crippen LogP contribution < -0.4 is 0 Å². The Morgan fingerprint density at radius 2 is 2.18 bits per heavy atom. The summed E-state index contributed by atoms with van der Waals surface area (Å²) in [4.78, 5) is 13.8. The topological polar surface area (TPSA) is 50.2 Å². The highest BCUT2D eigenvalue weighted by atomic mass is 32.2. The van der Waals surface area contributed by atoms with Crippen molar-refractivity contribution in [1.82, 2.24) is 4.98 Å². The molecule has 0 aliphatic heterocycles. The minimum atomic E-state index is -4.39. The molecule has 0 saturated carbocycles. The van der Waals surface area contributed by atoms with Crippen LogP contribution >= 0.6 is 11.8 Å². The minimum Gasteiger partial charge on any atom is -0.478 e. The number of rotatable bonds is 4. The molecule has 7 heteroatoms. The van der Waals surface area contributed by atoms with E-state index in [1.807, 2.05) is 0 Å². The lowest BCUT2D eigenvalue weighted by Gasteiger charge is -2.05. The number of carboxylic acid groups (broad SMARTS) is 1. The summed E-state index contributed by atoms with van der Waals surface area (Å²) in [6.45, 7) is 0. The van der Waals surface area contributed by atoms with Crippen molar-refractivity contribution >= 4 is 17.7 Å². The molecule has 1 heterocycles. The molecular weight excluding hydrogens is 255 g/mol. The van der Waals surface area contributed by atoms with Crippen LogP contribution in [0, 0.1) is 0 Å². The van der Waals surface area contributed by atoms with Crippen molar-refractivity contribution in [2.24, 2.45) is 0 Å². The molecule has 1 aromatic heterocycles. The Kier molecular flexibility index (Phi) is 4.56. The Balaban J connectivity index is 2.55. The fraction of sp³-hybridized carbons (Fsp3) is 0.200. The lowest BCUT2D eigenvalue weighted by Crippen LogP contribution is -2.05. The average Bonchev–Trinajstić information content (AvgIpc) is 2.23. The van der Waals surface area contributed by atoms with E-state index in [9.17, 15) is 18.0 Å². The number of hydrogen-bond acceptors (Lipinski definition) is 3. The van der Waals surface area contributed by atoms with Gasteiger partial charge in [-0.15, -0.1) is 11.8 Å². The van der Waals surface area contributed by atoms with E-state index in [2.05, 4.69) is 4.98 Å². The molecule has 0 amide bonds. The average molecular weight is 263 g/mol. The van der Waals surface area contributed by atoms with Crippen LogP contribution in [0.15, 0.2) is 35.5 Å². The summed E-state index contributed by atoms with van der Waals surface area (Å²) in [7, 11) is 0. The number of nitrogens with zero attached hydrogens (tertiary/aromatic N) is 1. The third-order valence-corrected chi connectivity index (χ3v) is 2.55. The molecule has 0 bridgehead atoms. The second-order valence-electron chi connectivity index (χ2n) is 2.93. The maximum absolute atomic E-state index is 12.2. The van der Waals surface area contributed by atoms with Gasteiger partial charge in [-0.3, -0.25) is 0 Å². The van der Waals surface area contributed by atoms with Crippen LogP contribution in [0.4, 0.5) is 13.2 Å². The first-order valence-corrected chi connectivity index (χ1v) is 5.43. The van der Waals surface area contributed by atoms with Crippen LogP contribution in [0.5, 0.6) is 0 Å². The van der Waals surface area contributed by atoms with Gasteiger partial charge in [0.1, 0.15) is 0 Å².